The molecule has 1 aliphatic rings. The van der Waals surface area contributed by atoms with Crippen LogP contribution in [0.25, 0.3) is 0 Å². The van der Waals surface area contributed by atoms with Crippen LogP contribution in [0.3, 0.4) is 0 Å². The molecule has 4 nitrogen and oxygen atoms in total. The Kier molecular flexibility index (Phi) is 6.24. The molecule has 0 bridgehead atoms. The normalized spacial score (nSPS) is 17.7. The van der Waals surface area contributed by atoms with Gasteiger partial charge in [-0.3, -0.25) is 0 Å². The third-order valence-corrected chi connectivity index (χ3v) is 4.45. The molecule has 0 aromatic carbocycles. The van der Waals surface area contributed by atoms with E-state index in [1.807, 2.05) is 13.8 Å². The predicted octanol–water partition coefficient (Wildman–Crippen LogP) is 3.53. The zero-order chi connectivity index (χ0) is 15.2. The Bertz CT molecular complexity index is 458. The maximum atomic E-state index is 6.17. The number of hydrogen-bond donors (Lipinski definition) is 1. The van der Waals surface area contributed by atoms with Gasteiger partial charge in [0.15, 0.2) is 0 Å². The number of aryl methyl sites for hydroxylation is 1. The van der Waals surface area contributed by atoms with E-state index in [0.717, 1.165) is 36.7 Å². The highest BCUT2D eigenvalue weighted by Gasteiger charge is 2.14. The lowest BCUT2D eigenvalue weighted by molar-refractivity contribution is 0.204. The van der Waals surface area contributed by atoms with Gasteiger partial charge in [-0.15, -0.1) is 0 Å². The van der Waals surface area contributed by atoms with E-state index >= 15 is 0 Å². The molecule has 1 atom stereocenters. The predicted molar refractivity (Wildman–Crippen MR) is 89.1 cm³/mol. The van der Waals surface area contributed by atoms with Gasteiger partial charge in [0, 0.05) is 25.1 Å². The molecule has 5 heteroatoms. The van der Waals surface area contributed by atoms with E-state index in [4.69, 9.17) is 11.6 Å². The fourth-order valence-corrected chi connectivity index (χ4v) is 2.97. The number of anilines is 1. The van der Waals surface area contributed by atoms with E-state index < -0.39 is 0 Å². The number of nitrogens with one attached hydrogen (secondary N) is 1. The van der Waals surface area contributed by atoms with Crippen LogP contribution in [0.4, 0.5) is 5.82 Å². The van der Waals surface area contributed by atoms with Gasteiger partial charge in [-0.25, -0.2) is 9.97 Å². The molecule has 1 saturated heterocycles. The minimum Gasteiger partial charge on any atom is -0.369 e. The Hall–Kier alpha value is -0.870. The summed E-state index contributed by atoms with van der Waals surface area (Å²) in [6, 6.07) is 0. The second-order valence-electron chi connectivity index (χ2n) is 6.11. The van der Waals surface area contributed by atoms with Gasteiger partial charge >= 0.3 is 0 Å². The Labute approximate surface area is 133 Å². The maximum Gasteiger partial charge on any atom is 0.137 e. The van der Waals surface area contributed by atoms with Gasteiger partial charge in [0.05, 0.1) is 0 Å². The number of rotatable bonds is 6. The molecule has 2 rings (SSSR count). The molecule has 1 unspecified atom stereocenters. The van der Waals surface area contributed by atoms with Crippen LogP contribution in [0.5, 0.6) is 0 Å². The molecule has 0 amide bonds. The highest BCUT2D eigenvalue weighted by atomic mass is 35.5. The van der Waals surface area contributed by atoms with Crippen molar-refractivity contribution in [1.82, 2.24) is 14.9 Å². The molecule has 118 valence electrons. The standard InChI is InChI=1S/C16H27ClN4/c1-4-14-19-15(17)13(3)16(20-14)18-10-12(2)11-21-8-6-5-7-9-21/h12H,4-11H2,1-3H3,(H,18,19,20). The van der Waals surface area contributed by atoms with Gasteiger partial charge < -0.3 is 10.2 Å². The maximum absolute atomic E-state index is 6.17. The first-order valence-electron chi connectivity index (χ1n) is 8.09. The van der Waals surface area contributed by atoms with Crippen LogP contribution in [-0.4, -0.2) is 41.0 Å². The van der Waals surface area contributed by atoms with E-state index in [2.05, 4.69) is 27.1 Å². The van der Waals surface area contributed by atoms with Crippen LogP contribution in [0.2, 0.25) is 5.15 Å². The third-order valence-electron chi connectivity index (χ3n) is 4.09. The molecular formula is C16H27ClN4. The average molecular weight is 311 g/mol. The van der Waals surface area contributed by atoms with Crippen molar-refractivity contribution in [3.63, 3.8) is 0 Å². The molecule has 0 saturated carbocycles. The number of nitrogens with zero attached hydrogens (tertiary/aromatic N) is 3. The molecular weight excluding hydrogens is 284 g/mol. The Morgan fingerprint density at radius 2 is 1.95 bits per heavy atom. The van der Waals surface area contributed by atoms with Gasteiger partial charge in [-0.2, -0.15) is 0 Å². The number of hydrogen-bond acceptors (Lipinski definition) is 4. The van der Waals surface area contributed by atoms with E-state index in [-0.39, 0.29) is 0 Å². The quantitative estimate of drug-likeness (QED) is 0.816. The molecule has 1 aliphatic heterocycles. The van der Waals surface area contributed by atoms with Crippen molar-refractivity contribution in [2.75, 3.05) is 31.5 Å². The summed E-state index contributed by atoms with van der Waals surface area (Å²) in [5.41, 5.74) is 0.944. The van der Waals surface area contributed by atoms with Crippen LogP contribution in [0.1, 0.15) is 44.5 Å². The topological polar surface area (TPSA) is 41.1 Å². The monoisotopic (exact) mass is 310 g/mol. The van der Waals surface area contributed by atoms with Crippen molar-refractivity contribution in [2.24, 2.45) is 5.92 Å². The van der Waals surface area contributed by atoms with E-state index in [9.17, 15) is 0 Å². The van der Waals surface area contributed by atoms with E-state index in [0.29, 0.717) is 11.1 Å². The number of aromatic nitrogens is 2. The fourth-order valence-electron chi connectivity index (χ4n) is 2.78. The van der Waals surface area contributed by atoms with Crippen molar-refractivity contribution >= 4 is 17.4 Å². The molecule has 1 aromatic heterocycles. The van der Waals surface area contributed by atoms with Crippen LogP contribution in [-0.2, 0) is 6.42 Å². The Morgan fingerprint density at radius 1 is 1.24 bits per heavy atom. The van der Waals surface area contributed by atoms with Gasteiger partial charge in [-0.05, 0) is 38.8 Å². The first kappa shape index (κ1) is 16.5. The average Bonchev–Trinajstić information content (AvgIpc) is 2.49. The van der Waals surface area contributed by atoms with E-state index in [1.165, 1.54) is 32.4 Å². The van der Waals surface area contributed by atoms with Gasteiger partial charge in [0.1, 0.15) is 16.8 Å². The van der Waals surface area contributed by atoms with E-state index in [1.54, 1.807) is 0 Å². The summed E-state index contributed by atoms with van der Waals surface area (Å²) in [7, 11) is 0. The summed E-state index contributed by atoms with van der Waals surface area (Å²) in [6.07, 6.45) is 4.89. The molecule has 0 spiro atoms. The zero-order valence-corrected chi connectivity index (χ0v) is 14.2. The molecule has 0 radical (unpaired) electrons. The first-order chi connectivity index (χ1) is 10.1. The molecule has 0 aliphatic carbocycles. The lowest BCUT2D eigenvalue weighted by atomic mass is 10.1. The SMILES string of the molecule is CCc1nc(Cl)c(C)c(NCC(C)CN2CCCCC2)n1. The summed E-state index contributed by atoms with van der Waals surface area (Å²) >= 11 is 6.17. The summed E-state index contributed by atoms with van der Waals surface area (Å²) in [5, 5.41) is 4.02. The summed E-state index contributed by atoms with van der Waals surface area (Å²) in [4.78, 5) is 11.4. The first-order valence-corrected chi connectivity index (χ1v) is 8.47. The highest BCUT2D eigenvalue weighted by Crippen LogP contribution is 2.20. The van der Waals surface area contributed by atoms with Crippen LogP contribution in [0.15, 0.2) is 0 Å². The van der Waals surface area contributed by atoms with Crippen LogP contribution in [0, 0.1) is 12.8 Å². The number of likely N-dealkylation sites (tertiary alicyclic amines) is 1. The van der Waals surface area contributed by atoms with Gasteiger partial charge in [0.2, 0.25) is 0 Å². The fraction of sp³-hybridized carbons (Fsp3) is 0.750. The number of piperidine rings is 1. The highest BCUT2D eigenvalue weighted by molar-refractivity contribution is 6.30. The van der Waals surface area contributed by atoms with Gasteiger partial charge in [-0.1, -0.05) is 31.9 Å². The minimum absolute atomic E-state index is 0.563. The number of halogens is 1. The van der Waals surface area contributed by atoms with Crippen LogP contribution < -0.4 is 5.32 Å². The zero-order valence-electron chi connectivity index (χ0n) is 13.5. The lowest BCUT2D eigenvalue weighted by Gasteiger charge is -2.29. The lowest BCUT2D eigenvalue weighted by Crippen LogP contribution is -2.35. The second kappa shape index (κ2) is 7.95. The summed E-state index contributed by atoms with van der Waals surface area (Å²) in [5.74, 6) is 2.29. The Morgan fingerprint density at radius 3 is 2.62 bits per heavy atom. The summed E-state index contributed by atoms with van der Waals surface area (Å²) in [6.45, 7) is 10.9. The van der Waals surface area contributed by atoms with Crippen LogP contribution >= 0.6 is 11.6 Å². The third kappa shape index (κ3) is 4.82. The second-order valence-corrected chi connectivity index (χ2v) is 6.46. The van der Waals surface area contributed by atoms with Crippen molar-refractivity contribution in [1.29, 1.82) is 0 Å². The van der Waals surface area contributed by atoms with Crippen molar-refractivity contribution in [3.05, 3.63) is 16.5 Å². The molecule has 1 aromatic rings. The molecule has 1 fully saturated rings. The smallest absolute Gasteiger partial charge is 0.137 e. The van der Waals surface area contributed by atoms with Crippen molar-refractivity contribution < 1.29 is 0 Å². The summed E-state index contributed by atoms with van der Waals surface area (Å²) < 4.78 is 0. The largest absolute Gasteiger partial charge is 0.369 e. The van der Waals surface area contributed by atoms with Crippen molar-refractivity contribution in [2.45, 2.75) is 46.5 Å². The minimum atomic E-state index is 0.563. The molecule has 21 heavy (non-hydrogen) atoms. The van der Waals surface area contributed by atoms with Gasteiger partial charge in [0.25, 0.3) is 0 Å². The molecule has 1 N–H and O–H groups in total. The van der Waals surface area contributed by atoms with Crippen molar-refractivity contribution in [3.8, 4) is 0 Å². The molecule has 2 heterocycles. The Balaban J connectivity index is 1.88.